The fraction of sp³-hybridized carbons (Fsp3) is 0. The van der Waals surface area contributed by atoms with E-state index in [1.54, 1.807) is 13.7 Å². The third-order valence-corrected chi connectivity index (χ3v) is 13.3. The van der Waals surface area contributed by atoms with E-state index in [4.69, 9.17) is 17.8 Å². The van der Waals surface area contributed by atoms with Crippen molar-refractivity contribution >= 4 is 65.4 Å². The van der Waals surface area contributed by atoms with E-state index < -0.39 is 54.4 Å². The number of hydrogen-bond donors (Lipinski definition) is 0. The molecule has 322 valence electrons. The summed E-state index contributed by atoms with van der Waals surface area (Å²) in [6.07, 6.45) is 0. The number of fused-ring (bicyclic) bond motifs is 9. The Morgan fingerprint density at radius 3 is 0.667 bits per heavy atom. The molecule has 69 heavy (non-hydrogen) atoms. The lowest BCUT2D eigenvalue weighted by atomic mass is 9.98. The van der Waals surface area contributed by atoms with Gasteiger partial charge in [0.05, 0.1) is 53.7 Å². The summed E-state index contributed by atoms with van der Waals surface area (Å²) in [5.74, 6) is 0. The highest BCUT2D eigenvalue weighted by molar-refractivity contribution is 6.15. The Kier molecular flexibility index (Phi) is 6.12. The van der Waals surface area contributed by atoms with Gasteiger partial charge in [-0.2, -0.15) is 0 Å². The largest absolute Gasteiger partial charge is 0.309 e. The number of para-hydroxylation sites is 3. The van der Waals surface area contributed by atoms with Gasteiger partial charge in [0, 0.05) is 49.4 Å². The monoisotopic (exact) mass is 892 g/mol. The molecule has 0 aliphatic carbocycles. The van der Waals surface area contributed by atoms with Crippen LogP contribution < -0.4 is 0 Å². The molecule has 0 fully saturated rings. The van der Waals surface area contributed by atoms with Gasteiger partial charge < -0.3 is 13.7 Å². The van der Waals surface area contributed by atoms with Gasteiger partial charge >= 0.3 is 0 Å². The van der Waals surface area contributed by atoms with Crippen LogP contribution in [0.4, 0.5) is 0 Å². The second-order valence-corrected chi connectivity index (χ2v) is 17.1. The van der Waals surface area contributed by atoms with Crippen molar-refractivity contribution in [3.05, 3.63) is 260 Å². The highest BCUT2D eigenvalue weighted by Crippen LogP contribution is 2.42. The van der Waals surface area contributed by atoms with E-state index in [0.717, 1.165) is 66.1 Å². The summed E-state index contributed by atoms with van der Waals surface area (Å²) >= 11 is 0. The summed E-state index contributed by atoms with van der Waals surface area (Å²) in [6, 6.07) is 48.5. The van der Waals surface area contributed by atoms with Crippen LogP contribution in [0.2, 0.25) is 0 Å². The summed E-state index contributed by atoms with van der Waals surface area (Å²) in [5.41, 5.74) is 10.6. The van der Waals surface area contributed by atoms with Gasteiger partial charge in [0.2, 0.25) is 0 Å². The fourth-order valence-corrected chi connectivity index (χ4v) is 10.2. The third-order valence-electron chi connectivity index (χ3n) is 13.3. The first-order valence-electron chi connectivity index (χ1n) is 30.0. The minimum Gasteiger partial charge on any atom is -0.309 e. The standard InChI is InChI=1S/C66H43N3/c1-6-16-44(17-7-1)46-26-32-61-55(38-46)57-40-48(28-34-63(57)67(61)52-20-10-3-11-21-52)50-30-36-65-59(42-50)60-43-51(31-37-66(60)69(65)54-24-14-5-15-25-54)49-29-35-64-58(41-49)56-39-47(45-18-8-2-9-19-45)27-33-62(56)68(64)53-22-12-4-13-23-53/h1-43H/i3D,4D,5D,10D,11D,12D,13D,14D,15D,20D,21D,22D,23D,24D,25D. The second-order valence-electron chi connectivity index (χ2n) is 17.1. The van der Waals surface area contributed by atoms with Gasteiger partial charge in [-0.1, -0.05) is 151 Å². The summed E-state index contributed by atoms with van der Waals surface area (Å²) in [6.45, 7) is 0. The lowest BCUT2D eigenvalue weighted by molar-refractivity contribution is 1.18. The first kappa shape index (κ1) is 26.8. The molecule has 3 heteroatoms. The molecule has 0 saturated carbocycles. The predicted octanol–water partition coefficient (Wildman–Crippen LogP) is 17.6. The van der Waals surface area contributed by atoms with Crippen LogP contribution >= 0.6 is 0 Å². The summed E-state index contributed by atoms with van der Waals surface area (Å²) in [5, 5.41) is 4.50. The highest BCUT2D eigenvalue weighted by Gasteiger charge is 2.19. The molecule has 14 aromatic rings. The van der Waals surface area contributed by atoms with Gasteiger partial charge in [0.1, 0.15) is 0 Å². The summed E-state index contributed by atoms with van der Waals surface area (Å²) in [4.78, 5) is 0. The molecular formula is C66H43N3. The van der Waals surface area contributed by atoms with Crippen molar-refractivity contribution in [2.75, 3.05) is 0 Å². The third kappa shape index (κ3) is 6.36. The maximum Gasteiger partial charge on any atom is 0.0645 e. The van der Waals surface area contributed by atoms with Crippen LogP contribution in [0.5, 0.6) is 0 Å². The van der Waals surface area contributed by atoms with Crippen LogP contribution in [-0.2, 0) is 0 Å². The second kappa shape index (κ2) is 15.7. The summed E-state index contributed by atoms with van der Waals surface area (Å²) in [7, 11) is 0. The van der Waals surface area contributed by atoms with Crippen LogP contribution in [0.3, 0.4) is 0 Å². The SMILES string of the molecule is [2H]c1c([2H])c([2H])c(-n2c3ccc(-c4ccccc4)cc3c3cc(-c4ccc5c(c4)c4cc(-c6ccc7c(c6)c6cc(-c8ccccc8)ccc6n7-c6c([2H])c([2H])c([2H])c([2H])c6[2H])ccc4n5-c4c([2H])c([2H])c([2H])c([2H])c4[2H])ccc32)c([2H])c1[2H]. The van der Waals surface area contributed by atoms with Gasteiger partial charge in [-0.3, -0.25) is 0 Å². The topological polar surface area (TPSA) is 14.8 Å². The quantitative estimate of drug-likeness (QED) is 0.151. The Balaban J connectivity index is 1.01. The van der Waals surface area contributed by atoms with Gasteiger partial charge in [0.15, 0.2) is 0 Å². The van der Waals surface area contributed by atoms with Gasteiger partial charge in [-0.15, -0.1) is 0 Å². The Labute approximate surface area is 420 Å². The molecule has 11 aromatic carbocycles. The van der Waals surface area contributed by atoms with Crippen molar-refractivity contribution in [3.8, 4) is 61.6 Å². The fourth-order valence-electron chi connectivity index (χ4n) is 10.2. The van der Waals surface area contributed by atoms with E-state index in [0.29, 0.717) is 43.9 Å². The molecule has 0 radical (unpaired) electrons. The number of aromatic nitrogens is 3. The zero-order chi connectivity index (χ0) is 58.5. The first-order valence-corrected chi connectivity index (χ1v) is 22.5. The van der Waals surface area contributed by atoms with E-state index in [1.165, 1.54) is 0 Å². The molecule has 0 aliphatic heterocycles. The molecule has 0 aliphatic rings. The average molecular weight is 893 g/mol. The molecule has 3 aromatic heterocycles. The van der Waals surface area contributed by atoms with Crippen LogP contribution in [0.15, 0.2) is 260 Å². The molecule has 0 N–H and O–H groups in total. The minimum atomic E-state index is -0.516. The molecule has 14 rings (SSSR count). The van der Waals surface area contributed by atoms with E-state index >= 15 is 0 Å². The van der Waals surface area contributed by atoms with Gasteiger partial charge in [-0.05, 0) is 154 Å². The van der Waals surface area contributed by atoms with E-state index in [2.05, 4.69) is 0 Å². The smallest absolute Gasteiger partial charge is 0.0645 e. The number of benzene rings is 11. The Bertz CT molecular complexity index is 4830. The maximum absolute atomic E-state index is 9.19. The van der Waals surface area contributed by atoms with E-state index in [9.17, 15) is 2.74 Å². The Morgan fingerprint density at radius 1 is 0.217 bits per heavy atom. The van der Waals surface area contributed by atoms with Crippen molar-refractivity contribution < 1.29 is 20.6 Å². The number of rotatable bonds is 7. The van der Waals surface area contributed by atoms with Crippen molar-refractivity contribution in [2.45, 2.75) is 0 Å². The number of nitrogens with zero attached hydrogens (tertiary/aromatic N) is 3. The van der Waals surface area contributed by atoms with Crippen LogP contribution in [0.1, 0.15) is 20.6 Å². The molecule has 0 unspecified atom stereocenters. The first-order chi connectivity index (χ1) is 40.4. The van der Waals surface area contributed by atoms with Crippen LogP contribution in [0, 0.1) is 0 Å². The minimum absolute atomic E-state index is 0.0197. The van der Waals surface area contributed by atoms with Crippen LogP contribution in [0.25, 0.3) is 127 Å². The van der Waals surface area contributed by atoms with Crippen molar-refractivity contribution in [2.24, 2.45) is 0 Å². The predicted molar refractivity (Wildman–Crippen MR) is 291 cm³/mol. The molecule has 0 bridgehead atoms. The lowest BCUT2D eigenvalue weighted by Crippen LogP contribution is -1.93. The zero-order valence-corrected chi connectivity index (χ0v) is 36.5. The zero-order valence-electron chi connectivity index (χ0n) is 51.5. The molecule has 0 atom stereocenters. The van der Waals surface area contributed by atoms with E-state index in [-0.39, 0.29) is 53.3 Å². The molecule has 3 nitrogen and oxygen atoms in total. The molecule has 3 heterocycles. The van der Waals surface area contributed by atoms with Crippen LogP contribution in [-0.4, -0.2) is 13.7 Å². The maximum atomic E-state index is 9.19. The van der Waals surface area contributed by atoms with Crippen molar-refractivity contribution in [3.63, 3.8) is 0 Å². The average Bonchev–Trinajstić information content (AvgIpc) is 2.02. The van der Waals surface area contributed by atoms with Gasteiger partial charge in [-0.25, -0.2) is 0 Å². The molecule has 0 spiro atoms. The Hall–Kier alpha value is -9.18. The molecule has 0 saturated heterocycles. The molecule has 0 amide bonds. The lowest BCUT2D eigenvalue weighted by Gasteiger charge is -2.09. The van der Waals surface area contributed by atoms with Gasteiger partial charge in [0.25, 0.3) is 0 Å². The Morgan fingerprint density at radius 2 is 0.435 bits per heavy atom. The highest BCUT2D eigenvalue weighted by atomic mass is 15.0. The normalized spacial score (nSPS) is 14.8. The van der Waals surface area contributed by atoms with Crippen molar-refractivity contribution in [1.82, 2.24) is 13.7 Å². The van der Waals surface area contributed by atoms with Crippen molar-refractivity contribution in [1.29, 1.82) is 0 Å². The summed E-state index contributed by atoms with van der Waals surface area (Å²) < 4.78 is 137. The van der Waals surface area contributed by atoms with E-state index in [1.807, 2.05) is 170 Å². The molecular weight excluding hydrogens is 835 g/mol. The number of hydrogen-bond acceptors (Lipinski definition) is 0.